The van der Waals surface area contributed by atoms with Gasteiger partial charge in [-0.1, -0.05) is 12.1 Å². The zero-order valence-corrected chi connectivity index (χ0v) is 11.3. The second-order valence-electron chi connectivity index (χ2n) is 5.18. The number of H-pyrrole nitrogens is 1. The summed E-state index contributed by atoms with van der Waals surface area (Å²) in [5, 5.41) is 10.4. The fourth-order valence-corrected chi connectivity index (χ4v) is 2.67. The van der Waals surface area contributed by atoms with E-state index < -0.39 is 0 Å². The SMILES string of the molecule is Fc1ccccc1N1CCC(NCc2ccn[nH]2)CC1. The largest absolute Gasteiger partial charge is 0.369 e. The number of halogens is 1. The molecule has 1 aliphatic heterocycles. The number of rotatable bonds is 4. The minimum atomic E-state index is -0.128. The summed E-state index contributed by atoms with van der Waals surface area (Å²) in [5.41, 5.74) is 1.82. The van der Waals surface area contributed by atoms with Crippen LogP contribution in [0.2, 0.25) is 0 Å². The molecule has 1 saturated heterocycles. The standard InChI is InChI=1S/C15H19FN4/c16-14-3-1-2-4-15(14)20-9-6-12(7-10-20)17-11-13-5-8-18-19-13/h1-5,8,12,17H,6-7,9-11H2,(H,18,19). The minimum Gasteiger partial charge on any atom is -0.369 e. The van der Waals surface area contributed by atoms with Crippen molar-refractivity contribution in [1.82, 2.24) is 15.5 Å². The maximum absolute atomic E-state index is 13.7. The van der Waals surface area contributed by atoms with E-state index in [0.29, 0.717) is 6.04 Å². The summed E-state index contributed by atoms with van der Waals surface area (Å²) >= 11 is 0. The molecule has 1 aliphatic rings. The van der Waals surface area contributed by atoms with Gasteiger partial charge in [-0.2, -0.15) is 5.10 Å². The highest BCUT2D eigenvalue weighted by Gasteiger charge is 2.20. The van der Waals surface area contributed by atoms with E-state index in [-0.39, 0.29) is 5.82 Å². The van der Waals surface area contributed by atoms with Crippen LogP contribution in [0.25, 0.3) is 0 Å². The Bertz CT molecular complexity index is 533. The van der Waals surface area contributed by atoms with Crippen LogP contribution >= 0.6 is 0 Å². The number of aromatic nitrogens is 2. The molecule has 0 unspecified atom stereocenters. The molecule has 1 fully saturated rings. The lowest BCUT2D eigenvalue weighted by atomic mass is 10.0. The van der Waals surface area contributed by atoms with Crippen molar-refractivity contribution >= 4 is 5.69 Å². The molecule has 2 aromatic rings. The van der Waals surface area contributed by atoms with Crippen LogP contribution in [0.5, 0.6) is 0 Å². The molecule has 3 rings (SSSR count). The fraction of sp³-hybridized carbons (Fsp3) is 0.400. The van der Waals surface area contributed by atoms with Gasteiger partial charge >= 0.3 is 0 Å². The number of nitrogens with zero attached hydrogens (tertiary/aromatic N) is 2. The second-order valence-corrected chi connectivity index (χ2v) is 5.18. The molecule has 0 atom stereocenters. The summed E-state index contributed by atoms with van der Waals surface area (Å²) in [5.74, 6) is -0.128. The van der Waals surface area contributed by atoms with E-state index in [1.165, 1.54) is 6.07 Å². The maximum Gasteiger partial charge on any atom is 0.146 e. The van der Waals surface area contributed by atoms with Gasteiger partial charge in [-0.25, -0.2) is 4.39 Å². The van der Waals surface area contributed by atoms with Crippen LogP contribution in [0.3, 0.4) is 0 Å². The van der Waals surface area contributed by atoms with Gasteiger partial charge in [-0.05, 0) is 31.0 Å². The van der Waals surface area contributed by atoms with Gasteiger partial charge < -0.3 is 10.2 Å². The van der Waals surface area contributed by atoms with E-state index >= 15 is 0 Å². The molecular weight excluding hydrogens is 255 g/mol. The number of para-hydroxylation sites is 1. The number of piperidine rings is 1. The summed E-state index contributed by atoms with van der Waals surface area (Å²) in [6, 6.07) is 9.47. The second kappa shape index (κ2) is 6.05. The smallest absolute Gasteiger partial charge is 0.146 e. The Morgan fingerprint density at radius 2 is 2.05 bits per heavy atom. The number of hydrogen-bond acceptors (Lipinski definition) is 3. The number of aromatic amines is 1. The van der Waals surface area contributed by atoms with Gasteiger partial charge in [0.25, 0.3) is 0 Å². The molecule has 2 heterocycles. The van der Waals surface area contributed by atoms with Gasteiger partial charge in [0.05, 0.1) is 5.69 Å². The molecule has 0 radical (unpaired) electrons. The Kier molecular flexibility index (Phi) is 3.97. The lowest BCUT2D eigenvalue weighted by molar-refractivity contribution is 0.409. The normalized spacial score (nSPS) is 16.6. The van der Waals surface area contributed by atoms with Crippen LogP contribution in [0.1, 0.15) is 18.5 Å². The molecule has 2 N–H and O–H groups in total. The van der Waals surface area contributed by atoms with Gasteiger partial charge in [-0.15, -0.1) is 0 Å². The molecule has 106 valence electrons. The van der Waals surface area contributed by atoms with Crippen LogP contribution < -0.4 is 10.2 Å². The predicted octanol–water partition coefficient (Wildman–Crippen LogP) is 2.31. The van der Waals surface area contributed by atoms with Gasteiger partial charge in [-0.3, -0.25) is 5.10 Å². The van der Waals surface area contributed by atoms with E-state index in [9.17, 15) is 4.39 Å². The van der Waals surface area contributed by atoms with Crippen molar-refractivity contribution < 1.29 is 4.39 Å². The summed E-state index contributed by atoms with van der Waals surface area (Å²) in [6.07, 6.45) is 3.82. The summed E-state index contributed by atoms with van der Waals surface area (Å²) in [4.78, 5) is 2.13. The molecule has 1 aromatic heterocycles. The monoisotopic (exact) mass is 274 g/mol. The van der Waals surface area contributed by atoms with Crippen LogP contribution in [0.4, 0.5) is 10.1 Å². The highest BCUT2D eigenvalue weighted by atomic mass is 19.1. The van der Waals surface area contributed by atoms with Crippen molar-refractivity contribution in [3.05, 3.63) is 48.0 Å². The van der Waals surface area contributed by atoms with Crippen molar-refractivity contribution in [2.24, 2.45) is 0 Å². The molecule has 4 nitrogen and oxygen atoms in total. The average Bonchev–Trinajstić information content (AvgIpc) is 3.00. The van der Waals surface area contributed by atoms with Crippen LogP contribution in [-0.4, -0.2) is 29.3 Å². The van der Waals surface area contributed by atoms with E-state index in [1.54, 1.807) is 12.3 Å². The highest BCUT2D eigenvalue weighted by molar-refractivity contribution is 5.47. The van der Waals surface area contributed by atoms with Crippen molar-refractivity contribution in [1.29, 1.82) is 0 Å². The van der Waals surface area contributed by atoms with Crippen molar-refractivity contribution in [3.8, 4) is 0 Å². The molecule has 0 aliphatic carbocycles. The van der Waals surface area contributed by atoms with Crippen LogP contribution in [-0.2, 0) is 6.54 Å². The minimum absolute atomic E-state index is 0.128. The first kappa shape index (κ1) is 13.1. The Morgan fingerprint density at radius 1 is 1.25 bits per heavy atom. The van der Waals surface area contributed by atoms with E-state index in [0.717, 1.165) is 43.9 Å². The Balaban J connectivity index is 1.51. The summed E-state index contributed by atoms with van der Waals surface area (Å²) < 4.78 is 13.7. The summed E-state index contributed by atoms with van der Waals surface area (Å²) in [6.45, 7) is 2.59. The number of nitrogens with one attached hydrogen (secondary N) is 2. The Hall–Kier alpha value is -1.88. The number of hydrogen-bond donors (Lipinski definition) is 2. The quantitative estimate of drug-likeness (QED) is 0.899. The molecule has 20 heavy (non-hydrogen) atoms. The maximum atomic E-state index is 13.7. The molecule has 1 aromatic carbocycles. The van der Waals surface area contributed by atoms with Crippen LogP contribution in [0.15, 0.2) is 36.5 Å². The van der Waals surface area contributed by atoms with Crippen molar-refractivity contribution in [3.63, 3.8) is 0 Å². The third kappa shape index (κ3) is 2.99. The fourth-order valence-electron chi connectivity index (χ4n) is 2.67. The molecule has 0 saturated carbocycles. The van der Waals surface area contributed by atoms with Gasteiger partial charge in [0, 0.05) is 37.6 Å². The molecule has 0 bridgehead atoms. The molecule has 0 amide bonds. The van der Waals surface area contributed by atoms with E-state index in [2.05, 4.69) is 20.4 Å². The lowest BCUT2D eigenvalue weighted by Crippen LogP contribution is -2.42. The lowest BCUT2D eigenvalue weighted by Gasteiger charge is -2.34. The average molecular weight is 274 g/mol. The molecular formula is C15H19FN4. The Morgan fingerprint density at radius 3 is 2.75 bits per heavy atom. The first-order valence-electron chi connectivity index (χ1n) is 7.04. The van der Waals surface area contributed by atoms with Crippen molar-refractivity contribution in [2.75, 3.05) is 18.0 Å². The molecule has 0 spiro atoms. The van der Waals surface area contributed by atoms with Crippen LogP contribution in [0, 0.1) is 5.82 Å². The Labute approximate surface area is 118 Å². The number of anilines is 1. The number of benzene rings is 1. The first-order valence-corrected chi connectivity index (χ1v) is 7.04. The third-order valence-electron chi connectivity index (χ3n) is 3.83. The topological polar surface area (TPSA) is 44.0 Å². The van der Waals surface area contributed by atoms with E-state index in [4.69, 9.17) is 0 Å². The third-order valence-corrected chi connectivity index (χ3v) is 3.83. The zero-order chi connectivity index (χ0) is 13.8. The van der Waals surface area contributed by atoms with E-state index in [1.807, 2.05) is 18.2 Å². The first-order chi connectivity index (χ1) is 9.83. The van der Waals surface area contributed by atoms with Gasteiger partial charge in [0.2, 0.25) is 0 Å². The van der Waals surface area contributed by atoms with Gasteiger partial charge in [0.1, 0.15) is 5.82 Å². The van der Waals surface area contributed by atoms with Gasteiger partial charge in [0.15, 0.2) is 0 Å². The zero-order valence-electron chi connectivity index (χ0n) is 11.3. The molecule has 5 heteroatoms. The summed E-state index contributed by atoms with van der Waals surface area (Å²) in [7, 11) is 0. The van der Waals surface area contributed by atoms with Crippen molar-refractivity contribution in [2.45, 2.75) is 25.4 Å². The predicted molar refractivity (Wildman–Crippen MR) is 77.1 cm³/mol. The highest BCUT2D eigenvalue weighted by Crippen LogP contribution is 2.22.